The highest BCUT2D eigenvalue weighted by molar-refractivity contribution is 5.91. The molecule has 0 heterocycles. The summed E-state index contributed by atoms with van der Waals surface area (Å²) in [6.07, 6.45) is 2.92. The Morgan fingerprint density at radius 1 is 0.900 bits per heavy atom. The maximum Gasteiger partial charge on any atom is 0.343 e. The number of carbonyl (C=O) groups is 2. The molecule has 3 rings (SSSR count). The number of aryl methyl sites for hydroxylation is 1. The van der Waals surface area contributed by atoms with Crippen molar-refractivity contribution in [2.45, 2.75) is 13.5 Å². The molecule has 0 fully saturated rings. The maximum atomic E-state index is 12.2. The fourth-order valence-corrected chi connectivity index (χ4v) is 2.70. The molecule has 0 aliphatic heterocycles. The molecule has 6 heteroatoms. The number of benzene rings is 3. The van der Waals surface area contributed by atoms with Gasteiger partial charge in [0.15, 0.2) is 0 Å². The summed E-state index contributed by atoms with van der Waals surface area (Å²) in [4.78, 5) is 24.1. The Labute approximate surface area is 174 Å². The van der Waals surface area contributed by atoms with Crippen LogP contribution in [0.5, 0.6) is 5.75 Å². The highest BCUT2D eigenvalue weighted by Crippen LogP contribution is 2.16. The average Bonchev–Trinajstić information content (AvgIpc) is 2.72. The fraction of sp³-hybridized carbons (Fsp3) is 0.0833. The van der Waals surface area contributed by atoms with Gasteiger partial charge < -0.3 is 20.9 Å². The first-order valence-electron chi connectivity index (χ1n) is 9.28. The van der Waals surface area contributed by atoms with Crippen molar-refractivity contribution >= 4 is 29.4 Å². The van der Waals surface area contributed by atoms with E-state index in [2.05, 4.69) is 0 Å². The summed E-state index contributed by atoms with van der Waals surface area (Å²) >= 11 is 0. The Bertz CT molecular complexity index is 1050. The van der Waals surface area contributed by atoms with Gasteiger partial charge in [0, 0.05) is 17.5 Å². The number of rotatable bonds is 6. The minimum absolute atomic E-state index is 0.0716. The number of ether oxygens (including phenoxy) is 2. The van der Waals surface area contributed by atoms with E-state index in [-0.39, 0.29) is 6.61 Å². The normalized spacial score (nSPS) is 10.7. The second kappa shape index (κ2) is 9.43. The van der Waals surface area contributed by atoms with Gasteiger partial charge in [-0.05, 0) is 66.6 Å². The molecular weight excluding hydrogens is 380 g/mol. The number of anilines is 2. The molecule has 0 aromatic heterocycles. The number of nitrogens with two attached hydrogens (primary N) is 2. The first-order chi connectivity index (χ1) is 14.4. The molecule has 0 bridgehead atoms. The van der Waals surface area contributed by atoms with Crippen LogP contribution in [0.3, 0.4) is 0 Å². The van der Waals surface area contributed by atoms with E-state index in [1.165, 1.54) is 6.08 Å². The van der Waals surface area contributed by atoms with E-state index >= 15 is 0 Å². The lowest BCUT2D eigenvalue weighted by atomic mass is 10.1. The second-order valence-corrected chi connectivity index (χ2v) is 6.77. The first-order valence-corrected chi connectivity index (χ1v) is 9.28. The molecule has 0 aliphatic carbocycles. The van der Waals surface area contributed by atoms with Gasteiger partial charge in [-0.25, -0.2) is 9.59 Å². The van der Waals surface area contributed by atoms with Crippen LogP contribution < -0.4 is 16.2 Å². The number of hydrogen-bond acceptors (Lipinski definition) is 6. The second-order valence-electron chi connectivity index (χ2n) is 6.77. The van der Waals surface area contributed by atoms with Gasteiger partial charge in [-0.15, -0.1) is 0 Å². The van der Waals surface area contributed by atoms with Crippen molar-refractivity contribution in [3.63, 3.8) is 0 Å². The van der Waals surface area contributed by atoms with E-state index < -0.39 is 11.9 Å². The summed E-state index contributed by atoms with van der Waals surface area (Å²) < 4.78 is 10.5. The molecule has 0 unspecified atom stereocenters. The van der Waals surface area contributed by atoms with E-state index in [9.17, 15) is 9.59 Å². The molecule has 152 valence electrons. The van der Waals surface area contributed by atoms with Crippen molar-refractivity contribution < 1.29 is 19.1 Å². The van der Waals surface area contributed by atoms with Gasteiger partial charge >= 0.3 is 11.9 Å². The lowest BCUT2D eigenvalue weighted by molar-refractivity contribution is -0.138. The summed E-state index contributed by atoms with van der Waals surface area (Å²) in [5, 5.41) is 0. The van der Waals surface area contributed by atoms with Crippen LogP contribution in [0.25, 0.3) is 6.08 Å². The summed E-state index contributed by atoms with van der Waals surface area (Å²) in [5.41, 5.74) is 15.4. The Morgan fingerprint density at radius 2 is 1.53 bits per heavy atom. The topological polar surface area (TPSA) is 105 Å². The molecule has 0 aliphatic rings. The van der Waals surface area contributed by atoms with Gasteiger partial charge in [0.1, 0.15) is 12.4 Å². The zero-order valence-electron chi connectivity index (χ0n) is 16.5. The number of nitrogen functional groups attached to an aromatic ring is 2. The minimum atomic E-state index is -0.501. The van der Waals surface area contributed by atoms with Crippen LogP contribution in [0.4, 0.5) is 11.4 Å². The van der Waals surface area contributed by atoms with E-state index in [0.29, 0.717) is 28.3 Å². The highest BCUT2D eigenvalue weighted by Gasteiger charge is 2.08. The molecule has 0 atom stereocenters. The van der Waals surface area contributed by atoms with Crippen LogP contribution in [0.2, 0.25) is 0 Å². The summed E-state index contributed by atoms with van der Waals surface area (Å²) in [6.45, 7) is 2.03. The van der Waals surface area contributed by atoms with Crippen LogP contribution >= 0.6 is 0 Å². The molecule has 6 nitrogen and oxygen atoms in total. The van der Waals surface area contributed by atoms with Crippen LogP contribution in [0.15, 0.2) is 72.8 Å². The van der Waals surface area contributed by atoms with Crippen LogP contribution in [-0.2, 0) is 16.1 Å². The Hall–Kier alpha value is -4.06. The molecule has 0 saturated carbocycles. The van der Waals surface area contributed by atoms with Crippen molar-refractivity contribution in [2.24, 2.45) is 0 Å². The maximum absolute atomic E-state index is 12.2. The lowest BCUT2D eigenvalue weighted by Crippen LogP contribution is -2.08. The predicted octanol–water partition coefficient (Wildman–Crippen LogP) is 4.14. The number of carbonyl (C=O) groups excluding carboxylic acids is 2. The third-order valence-electron chi connectivity index (χ3n) is 4.21. The zero-order chi connectivity index (χ0) is 21.5. The van der Waals surface area contributed by atoms with Crippen molar-refractivity contribution in [3.05, 3.63) is 95.1 Å². The standard InChI is InChI=1S/C24H22N2O4/c1-16-2-9-22(10-3-16)30-24(28)19-7-4-17(5-8-19)6-11-23(27)29-15-18-12-20(25)14-21(26)13-18/h2-14H,15,25-26H2,1H3/b11-6+. The van der Waals surface area contributed by atoms with Crippen molar-refractivity contribution in [1.29, 1.82) is 0 Å². The van der Waals surface area contributed by atoms with Gasteiger partial charge in [-0.1, -0.05) is 29.8 Å². The fourth-order valence-electron chi connectivity index (χ4n) is 2.70. The molecule has 3 aromatic rings. The Kier molecular flexibility index (Phi) is 6.49. The predicted molar refractivity (Wildman–Crippen MR) is 117 cm³/mol. The summed E-state index contributed by atoms with van der Waals surface area (Å²) in [5.74, 6) is -0.465. The summed E-state index contributed by atoms with van der Waals surface area (Å²) in [7, 11) is 0. The zero-order valence-corrected chi connectivity index (χ0v) is 16.5. The van der Waals surface area contributed by atoms with E-state index in [1.807, 2.05) is 19.1 Å². The van der Waals surface area contributed by atoms with Gasteiger partial charge in [-0.3, -0.25) is 0 Å². The SMILES string of the molecule is Cc1ccc(OC(=O)c2ccc(/C=C/C(=O)OCc3cc(N)cc(N)c3)cc2)cc1. The van der Waals surface area contributed by atoms with Crippen molar-refractivity contribution in [1.82, 2.24) is 0 Å². The van der Waals surface area contributed by atoms with Crippen LogP contribution in [-0.4, -0.2) is 11.9 Å². The van der Waals surface area contributed by atoms with E-state index in [1.54, 1.807) is 60.7 Å². The molecule has 0 saturated heterocycles. The number of hydrogen-bond donors (Lipinski definition) is 2. The summed E-state index contributed by atoms with van der Waals surface area (Å²) in [6, 6.07) is 19.0. The van der Waals surface area contributed by atoms with Gasteiger partial charge in [0.05, 0.1) is 5.56 Å². The third-order valence-corrected chi connectivity index (χ3v) is 4.21. The first kappa shape index (κ1) is 20.7. The monoisotopic (exact) mass is 402 g/mol. The van der Waals surface area contributed by atoms with E-state index in [4.69, 9.17) is 20.9 Å². The van der Waals surface area contributed by atoms with Gasteiger partial charge in [0.2, 0.25) is 0 Å². The largest absolute Gasteiger partial charge is 0.458 e. The minimum Gasteiger partial charge on any atom is -0.458 e. The average molecular weight is 402 g/mol. The molecule has 0 spiro atoms. The van der Waals surface area contributed by atoms with Crippen LogP contribution in [0.1, 0.15) is 27.0 Å². The molecule has 4 N–H and O–H groups in total. The van der Waals surface area contributed by atoms with Crippen LogP contribution in [0, 0.1) is 6.92 Å². The Morgan fingerprint density at radius 3 is 2.17 bits per heavy atom. The molecule has 0 radical (unpaired) electrons. The molecular formula is C24H22N2O4. The van der Waals surface area contributed by atoms with Gasteiger partial charge in [0.25, 0.3) is 0 Å². The molecule has 30 heavy (non-hydrogen) atoms. The lowest BCUT2D eigenvalue weighted by Gasteiger charge is -2.05. The quantitative estimate of drug-likeness (QED) is 0.278. The number of esters is 2. The highest BCUT2D eigenvalue weighted by atomic mass is 16.5. The van der Waals surface area contributed by atoms with Crippen molar-refractivity contribution in [2.75, 3.05) is 11.5 Å². The third kappa shape index (κ3) is 5.97. The Balaban J connectivity index is 1.53. The molecule has 3 aromatic carbocycles. The van der Waals surface area contributed by atoms with E-state index in [0.717, 1.165) is 11.1 Å². The van der Waals surface area contributed by atoms with Crippen molar-refractivity contribution in [3.8, 4) is 5.75 Å². The molecule has 0 amide bonds. The smallest absolute Gasteiger partial charge is 0.343 e. The van der Waals surface area contributed by atoms with Gasteiger partial charge in [-0.2, -0.15) is 0 Å².